The summed E-state index contributed by atoms with van der Waals surface area (Å²) in [5, 5.41) is 3.32. The van der Waals surface area contributed by atoms with Crippen molar-refractivity contribution in [2.24, 2.45) is 11.7 Å². The van der Waals surface area contributed by atoms with Crippen LogP contribution in [-0.4, -0.2) is 40.9 Å². The molecule has 2 aromatic carbocycles. The first-order chi connectivity index (χ1) is 14.0. The fraction of sp³-hybridized carbons (Fsp3) is 0.318. The van der Waals surface area contributed by atoms with E-state index in [1.807, 2.05) is 24.3 Å². The van der Waals surface area contributed by atoms with Crippen LogP contribution in [0.2, 0.25) is 0 Å². The van der Waals surface area contributed by atoms with Gasteiger partial charge in [0.2, 0.25) is 5.91 Å². The van der Waals surface area contributed by atoms with Crippen molar-refractivity contribution in [3.63, 3.8) is 0 Å². The molecule has 3 aromatic rings. The number of amides is 1. The molecule has 150 valence electrons. The number of imidazole rings is 1. The van der Waals surface area contributed by atoms with Crippen LogP contribution in [0.25, 0.3) is 22.4 Å². The standard InChI is InChI=1S/C22H24N4O3/c1-13(27)20(14-8-10-24-11-9-14)29-17-5-2-15(3-6-17)22-25-18-7-4-16(21(23)28)12-19(18)26-22/h2-7,12,14,20,24H,8-11H2,1H3,(H2,23,28)(H,25,26). The van der Waals surface area contributed by atoms with Crippen molar-refractivity contribution in [1.82, 2.24) is 15.3 Å². The number of nitrogens with zero attached hydrogens (tertiary/aromatic N) is 1. The van der Waals surface area contributed by atoms with Gasteiger partial charge in [-0.15, -0.1) is 0 Å². The Morgan fingerprint density at radius 1 is 1.14 bits per heavy atom. The molecule has 1 aliphatic rings. The van der Waals surface area contributed by atoms with E-state index in [9.17, 15) is 9.59 Å². The lowest BCUT2D eigenvalue weighted by atomic mass is 9.90. The van der Waals surface area contributed by atoms with E-state index in [4.69, 9.17) is 10.5 Å². The zero-order chi connectivity index (χ0) is 20.4. The summed E-state index contributed by atoms with van der Waals surface area (Å²) in [5.74, 6) is 1.17. The number of hydrogen-bond acceptors (Lipinski definition) is 5. The SMILES string of the molecule is CC(=O)C(Oc1ccc(-c2nc3cc(C(N)=O)ccc3[nH]2)cc1)C1CCNCC1. The number of benzene rings is 2. The van der Waals surface area contributed by atoms with Crippen LogP contribution in [0.5, 0.6) is 5.75 Å². The number of nitrogens with one attached hydrogen (secondary N) is 2. The summed E-state index contributed by atoms with van der Waals surface area (Å²) in [5.41, 5.74) is 8.15. The molecular formula is C22H24N4O3. The van der Waals surface area contributed by atoms with E-state index >= 15 is 0 Å². The van der Waals surface area contributed by atoms with Crippen molar-refractivity contribution < 1.29 is 14.3 Å². The second-order valence-electron chi connectivity index (χ2n) is 7.44. The summed E-state index contributed by atoms with van der Waals surface area (Å²) in [7, 11) is 0. The average molecular weight is 392 g/mol. The van der Waals surface area contributed by atoms with Gasteiger partial charge in [0.05, 0.1) is 11.0 Å². The van der Waals surface area contributed by atoms with Gasteiger partial charge < -0.3 is 20.8 Å². The summed E-state index contributed by atoms with van der Waals surface area (Å²) < 4.78 is 6.05. The van der Waals surface area contributed by atoms with Gasteiger partial charge in [-0.1, -0.05) is 0 Å². The molecular weight excluding hydrogens is 368 g/mol. The summed E-state index contributed by atoms with van der Waals surface area (Å²) in [4.78, 5) is 31.3. The molecule has 0 radical (unpaired) electrons. The van der Waals surface area contributed by atoms with Crippen LogP contribution in [0.4, 0.5) is 0 Å². The van der Waals surface area contributed by atoms with E-state index < -0.39 is 12.0 Å². The molecule has 7 heteroatoms. The molecule has 1 aromatic heterocycles. The van der Waals surface area contributed by atoms with Crippen LogP contribution < -0.4 is 15.8 Å². The number of piperidine rings is 1. The third kappa shape index (κ3) is 4.14. The van der Waals surface area contributed by atoms with Crippen LogP contribution in [-0.2, 0) is 4.79 Å². The highest BCUT2D eigenvalue weighted by Gasteiger charge is 2.28. The maximum atomic E-state index is 12.1. The fourth-order valence-electron chi connectivity index (χ4n) is 3.79. The number of nitrogens with two attached hydrogens (primary N) is 1. The lowest BCUT2D eigenvalue weighted by Gasteiger charge is -2.29. The number of ether oxygens (including phenoxy) is 1. The minimum Gasteiger partial charge on any atom is -0.482 e. The molecule has 4 N–H and O–H groups in total. The molecule has 7 nitrogen and oxygen atoms in total. The molecule has 0 bridgehead atoms. The maximum absolute atomic E-state index is 12.1. The van der Waals surface area contributed by atoms with Gasteiger partial charge in [0.15, 0.2) is 11.9 Å². The Hall–Kier alpha value is -3.19. The van der Waals surface area contributed by atoms with Gasteiger partial charge in [-0.3, -0.25) is 9.59 Å². The maximum Gasteiger partial charge on any atom is 0.248 e. The fourth-order valence-corrected chi connectivity index (χ4v) is 3.79. The Morgan fingerprint density at radius 3 is 2.52 bits per heavy atom. The lowest BCUT2D eigenvalue weighted by Crippen LogP contribution is -2.40. The first kappa shape index (κ1) is 19.1. The Morgan fingerprint density at radius 2 is 1.86 bits per heavy atom. The van der Waals surface area contributed by atoms with Crippen molar-refractivity contribution in [2.75, 3.05) is 13.1 Å². The molecule has 0 saturated carbocycles. The predicted octanol–water partition coefficient (Wildman–Crippen LogP) is 2.66. The van der Waals surface area contributed by atoms with Crippen molar-refractivity contribution >= 4 is 22.7 Å². The van der Waals surface area contributed by atoms with E-state index in [0.29, 0.717) is 22.7 Å². The summed E-state index contributed by atoms with van der Waals surface area (Å²) in [6, 6.07) is 12.7. The number of Topliss-reactive ketones (excluding diaryl/α,β-unsaturated/α-hetero) is 1. The van der Waals surface area contributed by atoms with E-state index in [1.165, 1.54) is 0 Å². The van der Waals surface area contributed by atoms with Gasteiger partial charge in [0, 0.05) is 17.0 Å². The largest absolute Gasteiger partial charge is 0.482 e. The van der Waals surface area contributed by atoms with Gasteiger partial charge in [-0.2, -0.15) is 0 Å². The van der Waals surface area contributed by atoms with E-state index in [2.05, 4.69) is 15.3 Å². The quantitative estimate of drug-likeness (QED) is 0.597. The van der Waals surface area contributed by atoms with Crippen molar-refractivity contribution in [1.29, 1.82) is 0 Å². The monoisotopic (exact) mass is 392 g/mol. The molecule has 1 fully saturated rings. The number of primary amides is 1. The molecule has 0 aliphatic carbocycles. The lowest BCUT2D eigenvalue weighted by molar-refractivity contribution is -0.126. The Bertz CT molecular complexity index is 1040. The van der Waals surface area contributed by atoms with Crippen LogP contribution in [0.1, 0.15) is 30.1 Å². The highest BCUT2D eigenvalue weighted by atomic mass is 16.5. The summed E-state index contributed by atoms with van der Waals surface area (Å²) in [6.07, 6.45) is 1.46. The van der Waals surface area contributed by atoms with E-state index in [1.54, 1.807) is 25.1 Å². The number of carbonyl (C=O) groups is 2. The van der Waals surface area contributed by atoms with Gasteiger partial charge in [0.25, 0.3) is 0 Å². The molecule has 2 heterocycles. The molecule has 1 amide bonds. The van der Waals surface area contributed by atoms with Crippen LogP contribution in [0.3, 0.4) is 0 Å². The van der Waals surface area contributed by atoms with Crippen LogP contribution in [0.15, 0.2) is 42.5 Å². The van der Waals surface area contributed by atoms with E-state index in [-0.39, 0.29) is 11.7 Å². The predicted molar refractivity (Wildman–Crippen MR) is 111 cm³/mol. The number of hydrogen-bond donors (Lipinski definition) is 3. The molecule has 29 heavy (non-hydrogen) atoms. The van der Waals surface area contributed by atoms with Gasteiger partial charge in [0.1, 0.15) is 11.6 Å². The molecule has 1 unspecified atom stereocenters. The number of aromatic nitrogens is 2. The second kappa shape index (κ2) is 8.05. The van der Waals surface area contributed by atoms with Gasteiger partial charge >= 0.3 is 0 Å². The molecule has 1 aliphatic heterocycles. The first-order valence-corrected chi connectivity index (χ1v) is 9.79. The highest BCUT2D eigenvalue weighted by Crippen LogP contribution is 2.26. The zero-order valence-corrected chi connectivity index (χ0v) is 16.3. The Labute approximate surface area is 168 Å². The Kier molecular flexibility index (Phi) is 5.31. The minimum atomic E-state index is -0.480. The number of carbonyl (C=O) groups excluding carboxylic acids is 2. The highest BCUT2D eigenvalue weighted by molar-refractivity contribution is 5.96. The number of rotatable bonds is 6. The third-order valence-corrected chi connectivity index (χ3v) is 5.37. The van der Waals surface area contributed by atoms with E-state index in [0.717, 1.165) is 37.0 Å². The van der Waals surface area contributed by atoms with Crippen molar-refractivity contribution in [2.45, 2.75) is 25.9 Å². The normalized spacial score (nSPS) is 15.9. The molecule has 4 rings (SSSR count). The third-order valence-electron chi connectivity index (χ3n) is 5.37. The smallest absolute Gasteiger partial charge is 0.248 e. The van der Waals surface area contributed by atoms with Gasteiger partial charge in [-0.05, 0) is 75.3 Å². The minimum absolute atomic E-state index is 0.0588. The summed E-state index contributed by atoms with van der Waals surface area (Å²) in [6.45, 7) is 3.43. The second-order valence-corrected chi connectivity index (χ2v) is 7.44. The van der Waals surface area contributed by atoms with Crippen LogP contribution >= 0.6 is 0 Å². The Balaban J connectivity index is 1.53. The number of H-pyrrole nitrogens is 1. The average Bonchev–Trinajstić information content (AvgIpc) is 3.16. The van der Waals surface area contributed by atoms with Crippen molar-refractivity contribution in [3.8, 4) is 17.1 Å². The molecule has 1 saturated heterocycles. The summed E-state index contributed by atoms with van der Waals surface area (Å²) >= 11 is 0. The molecule has 0 spiro atoms. The number of fused-ring (bicyclic) bond motifs is 1. The first-order valence-electron chi connectivity index (χ1n) is 9.79. The number of ketones is 1. The van der Waals surface area contributed by atoms with Crippen molar-refractivity contribution in [3.05, 3.63) is 48.0 Å². The topological polar surface area (TPSA) is 110 Å². The van der Waals surface area contributed by atoms with Gasteiger partial charge in [-0.25, -0.2) is 4.98 Å². The molecule has 1 atom stereocenters. The van der Waals surface area contributed by atoms with Crippen LogP contribution in [0, 0.1) is 5.92 Å². The number of aromatic amines is 1. The zero-order valence-electron chi connectivity index (χ0n) is 16.3.